The number of methoxy groups -OCH3 is 2. The second-order valence-corrected chi connectivity index (χ2v) is 5.09. The predicted octanol–water partition coefficient (Wildman–Crippen LogP) is 2.29. The van der Waals surface area contributed by atoms with Crippen LogP contribution in [-0.2, 0) is 11.3 Å². The van der Waals surface area contributed by atoms with Gasteiger partial charge in [-0.15, -0.1) is 0 Å². The zero-order valence-electron chi connectivity index (χ0n) is 12.5. The van der Waals surface area contributed by atoms with Gasteiger partial charge in [0.05, 0.1) is 14.2 Å². The van der Waals surface area contributed by atoms with E-state index < -0.39 is 12.0 Å². The summed E-state index contributed by atoms with van der Waals surface area (Å²) >= 11 is 0. The summed E-state index contributed by atoms with van der Waals surface area (Å²) in [7, 11) is 3.16. The molecule has 1 aromatic rings. The number of carboxylic acids is 1. The molecule has 2 N–H and O–H groups in total. The minimum Gasteiger partial charge on any atom is -0.493 e. The molecule has 0 amide bonds. The van der Waals surface area contributed by atoms with Gasteiger partial charge in [-0.3, -0.25) is 4.79 Å². The number of hydrogen-bond donors (Lipinski definition) is 2. The Balaban J connectivity index is 2.70. The summed E-state index contributed by atoms with van der Waals surface area (Å²) in [6.07, 6.45) is 0.600. The Kier molecular flexibility index (Phi) is 6.31. The van der Waals surface area contributed by atoms with Crippen molar-refractivity contribution in [3.05, 3.63) is 23.8 Å². The van der Waals surface area contributed by atoms with E-state index in [0.717, 1.165) is 5.56 Å². The van der Waals surface area contributed by atoms with E-state index in [1.165, 1.54) is 0 Å². The van der Waals surface area contributed by atoms with E-state index in [2.05, 4.69) is 5.32 Å². The second-order valence-electron chi connectivity index (χ2n) is 5.09. The topological polar surface area (TPSA) is 67.8 Å². The first kappa shape index (κ1) is 16.3. The molecule has 0 saturated carbocycles. The Morgan fingerprint density at radius 3 is 2.40 bits per heavy atom. The lowest BCUT2D eigenvalue weighted by Crippen LogP contribution is -2.37. The first-order chi connectivity index (χ1) is 9.47. The average Bonchev–Trinajstić information content (AvgIpc) is 2.42. The first-order valence-electron chi connectivity index (χ1n) is 6.65. The molecule has 1 aromatic carbocycles. The number of ether oxygens (including phenoxy) is 2. The Morgan fingerprint density at radius 2 is 1.90 bits per heavy atom. The van der Waals surface area contributed by atoms with Crippen LogP contribution in [0.3, 0.4) is 0 Å². The highest BCUT2D eigenvalue weighted by atomic mass is 16.5. The summed E-state index contributed by atoms with van der Waals surface area (Å²) in [5.41, 5.74) is 0.956. The summed E-state index contributed by atoms with van der Waals surface area (Å²) in [5.74, 6) is 0.809. The highest BCUT2D eigenvalue weighted by Gasteiger charge is 2.18. The summed E-state index contributed by atoms with van der Waals surface area (Å²) < 4.78 is 10.4. The monoisotopic (exact) mass is 281 g/mol. The fraction of sp³-hybridized carbons (Fsp3) is 0.533. The Morgan fingerprint density at radius 1 is 1.25 bits per heavy atom. The van der Waals surface area contributed by atoms with E-state index in [9.17, 15) is 9.90 Å². The molecule has 0 saturated heterocycles. The minimum absolute atomic E-state index is 0.328. The molecule has 0 spiro atoms. The second kappa shape index (κ2) is 7.75. The molecule has 0 aliphatic rings. The third kappa shape index (κ3) is 4.74. The number of benzene rings is 1. The normalized spacial score (nSPS) is 12.2. The van der Waals surface area contributed by atoms with Gasteiger partial charge < -0.3 is 19.9 Å². The maximum atomic E-state index is 11.2. The van der Waals surface area contributed by atoms with Crippen molar-refractivity contribution in [2.24, 2.45) is 5.92 Å². The van der Waals surface area contributed by atoms with E-state index in [0.29, 0.717) is 30.4 Å². The summed E-state index contributed by atoms with van der Waals surface area (Å²) in [4.78, 5) is 11.2. The van der Waals surface area contributed by atoms with Gasteiger partial charge in [-0.25, -0.2) is 0 Å². The molecule has 0 aliphatic heterocycles. The van der Waals surface area contributed by atoms with E-state index in [-0.39, 0.29) is 0 Å². The summed E-state index contributed by atoms with van der Waals surface area (Å²) in [6.45, 7) is 4.49. The van der Waals surface area contributed by atoms with Crippen molar-refractivity contribution < 1.29 is 19.4 Å². The molecule has 5 nitrogen and oxygen atoms in total. The molecule has 0 heterocycles. The average molecular weight is 281 g/mol. The van der Waals surface area contributed by atoms with Crippen molar-refractivity contribution >= 4 is 5.97 Å². The van der Waals surface area contributed by atoms with Crippen LogP contribution < -0.4 is 14.8 Å². The van der Waals surface area contributed by atoms with Crippen LogP contribution in [0.2, 0.25) is 0 Å². The number of nitrogens with one attached hydrogen (secondary N) is 1. The van der Waals surface area contributed by atoms with Crippen LogP contribution in [0.1, 0.15) is 25.8 Å². The van der Waals surface area contributed by atoms with Crippen LogP contribution in [0.25, 0.3) is 0 Å². The van der Waals surface area contributed by atoms with E-state index in [4.69, 9.17) is 9.47 Å². The highest BCUT2D eigenvalue weighted by Crippen LogP contribution is 2.27. The van der Waals surface area contributed by atoms with Gasteiger partial charge in [0.15, 0.2) is 11.5 Å². The molecule has 0 radical (unpaired) electrons. The smallest absolute Gasteiger partial charge is 0.320 e. The Hall–Kier alpha value is -1.75. The molecule has 1 atom stereocenters. The number of carbonyl (C=O) groups is 1. The van der Waals surface area contributed by atoms with Gasteiger partial charge in [-0.1, -0.05) is 19.9 Å². The van der Waals surface area contributed by atoms with Gasteiger partial charge in [0.1, 0.15) is 6.04 Å². The molecular weight excluding hydrogens is 258 g/mol. The standard InChI is InChI=1S/C15H23NO4/c1-10(2)7-12(15(17)18)16-9-11-5-6-13(19-3)14(8-11)20-4/h5-6,8,10,12,16H,7,9H2,1-4H3,(H,17,18). The Labute approximate surface area is 119 Å². The van der Waals surface area contributed by atoms with Crippen molar-refractivity contribution in [3.8, 4) is 11.5 Å². The van der Waals surface area contributed by atoms with Crippen LogP contribution in [0, 0.1) is 5.92 Å². The number of aliphatic carboxylic acids is 1. The van der Waals surface area contributed by atoms with Gasteiger partial charge in [-0.2, -0.15) is 0 Å². The van der Waals surface area contributed by atoms with Crippen LogP contribution in [0.4, 0.5) is 0 Å². The largest absolute Gasteiger partial charge is 0.493 e. The molecule has 112 valence electrons. The van der Waals surface area contributed by atoms with Crippen LogP contribution >= 0.6 is 0 Å². The lowest BCUT2D eigenvalue weighted by Gasteiger charge is -2.17. The van der Waals surface area contributed by atoms with Gasteiger partial charge >= 0.3 is 5.97 Å². The quantitative estimate of drug-likeness (QED) is 0.765. The van der Waals surface area contributed by atoms with Crippen LogP contribution in [-0.4, -0.2) is 31.3 Å². The van der Waals surface area contributed by atoms with Crippen molar-refractivity contribution in [3.63, 3.8) is 0 Å². The predicted molar refractivity (Wildman–Crippen MR) is 77.3 cm³/mol. The van der Waals surface area contributed by atoms with Crippen molar-refractivity contribution in [1.82, 2.24) is 5.32 Å². The minimum atomic E-state index is -0.820. The van der Waals surface area contributed by atoms with Crippen molar-refractivity contribution in [1.29, 1.82) is 0 Å². The lowest BCUT2D eigenvalue weighted by atomic mass is 10.0. The first-order valence-corrected chi connectivity index (χ1v) is 6.65. The van der Waals surface area contributed by atoms with Crippen molar-refractivity contribution in [2.45, 2.75) is 32.9 Å². The molecule has 1 unspecified atom stereocenters. The number of carboxylic acid groups (broad SMARTS) is 1. The fourth-order valence-corrected chi connectivity index (χ4v) is 1.97. The molecule has 20 heavy (non-hydrogen) atoms. The molecule has 0 fully saturated rings. The number of hydrogen-bond acceptors (Lipinski definition) is 4. The molecule has 0 aliphatic carbocycles. The van der Waals surface area contributed by atoms with Crippen LogP contribution in [0.5, 0.6) is 11.5 Å². The van der Waals surface area contributed by atoms with E-state index >= 15 is 0 Å². The van der Waals surface area contributed by atoms with E-state index in [1.54, 1.807) is 14.2 Å². The fourth-order valence-electron chi connectivity index (χ4n) is 1.97. The van der Waals surface area contributed by atoms with Gasteiger partial charge in [-0.05, 0) is 30.0 Å². The van der Waals surface area contributed by atoms with Crippen LogP contribution in [0.15, 0.2) is 18.2 Å². The summed E-state index contributed by atoms with van der Waals surface area (Å²) in [6, 6.07) is 5.01. The van der Waals surface area contributed by atoms with Crippen molar-refractivity contribution in [2.75, 3.05) is 14.2 Å². The maximum Gasteiger partial charge on any atom is 0.320 e. The third-order valence-electron chi connectivity index (χ3n) is 3.01. The van der Waals surface area contributed by atoms with Gasteiger partial charge in [0.25, 0.3) is 0 Å². The Bertz CT molecular complexity index is 445. The zero-order valence-corrected chi connectivity index (χ0v) is 12.5. The lowest BCUT2D eigenvalue weighted by molar-refractivity contribution is -0.140. The molecule has 0 bridgehead atoms. The molecule has 5 heteroatoms. The molecule has 0 aromatic heterocycles. The zero-order chi connectivity index (χ0) is 15.1. The molecule has 1 rings (SSSR count). The number of rotatable bonds is 8. The molecular formula is C15H23NO4. The van der Waals surface area contributed by atoms with Gasteiger partial charge in [0.2, 0.25) is 0 Å². The highest BCUT2D eigenvalue weighted by molar-refractivity contribution is 5.73. The summed E-state index contributed by atoms with van der Waals surface area (Å²) in [5, 5.41) is 12.2. The van der Waals surface area contributed by atoms with E-state index in [1.807, 2.05) is 32.0 Å². The third-order valence-corrected chi connectivity index (χ3v) is 3.01. The maximum absolute atomic E-state index is 11.2. The van der Waals surface area contributed by atoms with Gasteiger partial charge in [0, 0.05) is 6.54 Å². The SMILES string of the molecule is COc1ccc(CNC(CC(C)C)C(=O)O)cc1OC.